The van der Waals surface area contributed by atoms with Crippen LogP contribution in [-0.4, -0.2) is 29.4 Å². The van der Waals surface area contributed by atoms with Crippen LogP contribution in [0.3, 0.4) is 0 Å². The Hall–Kier alpha value is -3.14. The van der Waals surface area contributed by atoms with Gasteiger partial charge in [-0.1, -0.05) is 6.42 Å². The number of methoxy groups -OCH3 is 1. The van der Waals surface area contributed by atoms with Gasteiger partial charge in [-0.15, -0.1) is 0 Å². The topological polar surface area (TPSA) is 92.2 Å². The Kier molecular flexibility index (Phi) is 4.63. The van der Waals surface area contributed by atoms with Crippen LogP contribution in [-0.2, 0) is 17.8 Å². The van der Waals surface area contributed by atoms with Crippen LogP contribution in [0.5, 0.6) is 5.75 Å². The van der Waals surface area contributed by atoms with Crippen LogP contribution in [0.1, 0.15) is 36.1 Å². The number of halogens is 1. The van der Waals surface area contributed by atoms with Crippen molar-refractivity contribution >= 4 is 11.7 Å². The highest BCUT2D eigenvalue weighted by molar-refractivity contribution is 5.84. The normalized spacial score (nSPS) is 16.1. The van der Waals surface area contributed by atoms with Crippen LogP contribution in [0, 0.1) is 23.1 Å². The maximum atomic E-state index is 13.7. The number of hydrogen-bond acceptors (Lipinski definition) is 5. The maximum absolute atomic E-state index is 13.7. The smallest absolute Gasteiger partial charge is 0.225 e. The van der Waals surface area contributed by atoms with E-state index in [0.717, 1.165) is 30.5 Å². The molecule has 144 valence electrons. The third-order valence-electron chi connectivity index (χ3n) is 5.69. The first kappa shape index (κ1) is 18.2. The number of amides is 1. The van der Waals surface area contributed by atoms with E-state index in [4.69, 9.17) is 10.5 Å². The van der Waals surface area contributed by atoms with Crippen molar-refractivity contribution in [2.75, 3.05) is 19.4 Å². The number of aromatic nitrogens is 1. The summed E-state index contributed by atoms with van der Waals surface area (Å²) in [6.07, 6.45) is 3.53. The van der Waals surface area contributed by atoms with Crippen molar-refractivity contribution in [1.29, 1.82) is 5.26 Å². The molecule has 1 fully saturated rings. The van der Waals surface area contributed by atoms with Crippen molar-refractivity contribution in [1.82, 2.24) is 9.88 Å². The molecule has 2 heterocycles. The highest BCUT2D eigenvalue weighted by Gasteiger charge is 2.33. The van der Waals surface area contributed by atoms with Crippen molar-refractivity contribution in [3.8, 4) is 22.9 Å². The minimum absolute atomic E-state index is 0.0996. The molecule has 0 atom stereocenters. The molecule has 4 rings (SSSR count). The van der Waals surface area contributed by atoms with Crippen LogP contribution in [0.15, 0.2) is 18.2 Å². The summed E-state index contributed by atoms with van der Waals surface area (Å²) in [7, 11) is 1.45. The standard InChI is InChI=1S/C21H21FN4O2/c1-28-18-9-13(22)5-6-14(18)19-15(10-23)20(24)25-17-7-8-26(11-16(17)19)21(27)12-3-2-4-12/h5-6,9,12H,2-4,7-8,11H2,1H3,(H2,24,25). The number of nitrogens with two attached hydrogens (primary N) is 1. The lowest BCUT2D eigenvalue weighted by molar-refractivity contribution is -0.139. The monoisotopic (exact) mass is 380 g/mol. The molecular weight excluding hydrogens is 359 g/mol. The predicted molar refractivity (Wildman–Crippen MR) is 102 cm³/mol. The Bertz CT molecular complexity index is 995. The van der Waals surface area contributed by atoms with Crippen LogP contribution < -0.4 is 10.5 Å². The quantitative estimate of drug-likeness (QED) is 0.884. The molecule has 2 aromatic rings. The number of carbonyl (C=O) groups is 1. The molecule has 0 radical (unpaired) electrons. The summed E-state index contributed by atoms with van der Waals surface area (Å²) < 4.78 is 19.1. The molecule has 1 saturated carbocycles. The van der Waals surface area contributed by atoms with Crippen molar-refractivity contribution in [3.63, 3.8) is 0 Å². The fraction of sp³-hybridized carbons (Fsp3) is 0.381. The number of pyridine rings is 1. The first-order chi connectivity index (χ1) is 13.5. The zero-order valence-corrected chi connectivity index (χ0v) is 15.7. The molecule has 0 spiro atoms. The third kappa shape index (κ3) is 2.95. The number of benzene rings is 1. The number of fused-ring (bicyclic) bond motifs is 1. The highest BCUT2D eigenvalue weighted by atomic mass is 19.1. The van der Waals surface area contributed by atoms with Crippen LogP contribution in [0.25, 0.3) is 11.1 Å². The average Bonchev–Trinajstić information content (AvgIpc) is 2.65. The van der Waals surface area contributed by atoms with E-state index >= 15 is 0 Å². The summed E-state index contributed by atoms with van der Waals surface area (Å²) in [5.41, 5.74) is 8.99. The molecule has 2 aliphatic rings. The Morgan fingerprint density at radius 3 is 2.86 bits per heavy atom. The van der Waals surface area contributed by atoms with E-state index in [2.05, 4.69) is 11.1 Å². The molecule has 0 bridgehead atoms. The summed E-state index contributed by atoms with van der Waals surface area (Å²) >= 11 is 0. The molecule has 2 N–H and O–H groups in total. The molecule has 1 amide bonds. The minimum Gasteiger partial charge on any atom is -0.496 e. The second-order valence-corrected chi connectivity index (χ2v) is 7.27. The van der Waals surface area contributed by atoms with Crippen LogP contribution >= 0.6 is 0 Å². The van der Waals surface area contributed by atoms with E-state index in [0.29, 0.717) is 36.4 Å². The molecule has 1 aliphatic heterocycles. The number of carbonyl (C=O) groups excluding carboxylic acids is 1. The second kappa shape index (κ2) is 7.12. The van der Waals surface area contributed by atoms with Gasteiger partial charge in [0.1, 0.15) is 29.0 Å². The van der Waals surface area contributed by atoms with Gasteiger partial charge < -0.3 is 15.4 Å². The van der Waals surface area contributed by atoms with E-state index in [1.807, 2.05) is 4.90 Å². The number of rotatable bonds is 3. The van der Waals surface area contributed by atoms with Crippen LogP contribution in [0.4, 0.5) is 10.2 Å². The summed E-state index contributed by atoms with van der Waals surface area (Å²) in [4.78, 5) is 19.0. The van der Waals surface area contributed by atoms with E-state index in [1.165, 1.54) is 19.2 Å². The minimum atomic E-state index is -0.434. The molecule has 0 saturated heterocycles. The second-order valence-electron chi connectivity index (χ2n) is 7.27. The van der Waals surface area contributed by atoms with E-state index in [-0.39, 0.29) is 23.2 Å². The van der Waals surface area contributed by atoms with Crippen molar-refractivity contribution in [3.05, 3.63) is 40.8 Å². The summed E-state index contributed by atoms with van der Waals surface area (Å²) in [6, 6.07) is 6.31. The van der Waals surface area contributed by atoms with Crippen molar-refractivity contribution < 1.29 is 13.9 Å². The maximum Gasteiger partial charge on any atom is 0.225 e. The molecule has 6 nitrogen and oxygen atoms in total. The highest BCUT2D eigenvalue weighted by Crippen LogP contribution is 2.40. The average molecular weight is 380 g/mol. The lowest BCUT2D eigenvalue weighted by atomic mass is 9.83. The van der Waals surface area contributed by atoms with Crippen molar-refractivity contribution in [2.45, 2.75) is 32.2 Å². The summed E-state index contributed by atoms with van der Waals surface area (Å²) in [5.74, 6) is 0.275. The third-order valence-corrected chi connectivity index (χ3v) is 5.69. The van der Waals surface area contributed by atoms with Crippen molar-refractivity contribution in [2.24, 2.45) is 5.92 Å². The van der Waals surface area contributed by atoms with Gasteiger partial charge in [0.2, 0.25) is 5.91 Å². The summed E-state index contributed by atoms with van der Waals surface area (Å²) in [6.45, 7) is 0.948. The number of nitrogens with zero attached hydrogens (tertiary/aromatic N) is 3. The first-order valence-corrected chi connectivity index (χ1v) is 9.37. The largest absolute Gasteiger partial charge is 0.496 e. The SMILES string of the molecule is COc1cc(F)ccc1-c1c(C#N)c(N)nc2c1CN(C(=O)C1CCC1)CC2. The Labute approximate surface area is 162 Å². The van der Waals surface area contributed by atoms with Crippen LogP contribution in [0.2, 0.25) is 0 Å². The van der Waals surface area contributed by atoms with E-state index in [9.17, 15) is 14.4 Å². The van der Waals surface area contributed by atoms with Gasteiger partial charge in [-0.3, -0.25) is 4.79 Å². The first-order valence-electron chi connectivity index (χ1n) is 9.37. The molecule has 7 heteroatoms. The lowest BCUT2D eigenvalue weighted by Gasteiger charge is -2.35. The van der Waals surface area contributed by atoms with Gasteiger partial charge >= 0.3 is 0 Å². The molecular formula is C21H21FN4O2. The number of nitrogen functional groups attached to an aromatic ring is 1. The number of nitriles is 1. The Balaban J connectivity index is 1.86. The van der Waals surface area contributed by atoms with Gasteiger partial charge in [0, 0.05) is 48.2 Å². The molecule has 1 aliphatic carbocycles. The number of ether oxygens (including phenoxy) is 1. The van der Waals surface area contributed by atoms with Gasteiger partial charge in [0.15, 0.2) is 0 Å². The van der Waals surface area contributed by atoms with Gasteiger partial charge in [-0.05, 0) is 25.0 Å². The zero-order chi connectivity index (χ0) is 19.8. The zero-order valence-electron chi connectivity index (χ0n) is 15.7. The summed E-state index contributed by atoms with van der Waals surface area (Å²) in [5, 5.41) is 9.73. The van der Waals surface area contributed by atoms with E-state index < -0.39 is 5.82 Å². The number of anilines is 1. The number of hydrogen-bond donors (Lipinski definition) is 1. The fourth-order valence-electron chi connectivity index (χ4n) is 3.96. The molecule has 1 aromatic heterocycles. The van der Waals surface area contributed by atoms with Gasteiger partial charge in [-0.25, -0.2) is 9.37 Å². The molecule has 0 unspecified atom stereocenters. The fourth-order valence-corrected chi connectivity index (χ4v) is 3.96. The van der Waals surface area contributed by atoms with Gasteiger partial charge in [0.25, 0.3) is 0 Å². The molecule has 1 aromatic carbocycles. The Morgan fingerprint density at radius 2 is 2.21 bits per heavy atom. The lowest BCUT2D eigenvalue weighted by Crippen LogP contribution is -2.42. The molecule has 28 heavy (non-hydrogen) atoms. The Morgan fingerprint density at radius 1 is 1.43 bits per heavy atom. The predicted octanol–water partition coefficient (Wildman–Crippen LogP) is 3.03. The van der Waals surface area contributed by atoms with Gasteiger partial charge in [0.05, 0.1) is 12.8 Å². The van der Waals surface area contributed by atoms with E-state index in [1.54, 1.807) is 6.07 Å². The van der Waals surface area contributed by atoms with Gasteiger partial charge in [-0.2, -0.15) is 5.26 Å².